The summed E-state index contributed by atoms with van der Waals surface area (Å²) in [6, 6.07) is 0. The Labute approximate surface area is 69.0 Å². The number of hydrogen-bond acceptors (Lipinski definition) is 2. The van der Waals surface area contributed by atoms with Crippen LogP contribution < -0.4 is 0 Å². The van der Waals surface area contributed by atoms with E-state index in [0.29, 0.717) is 3.92 Å². The average molecular weight is 242 g/mol. The van der Waals surface area contributed by atoms with Gasteiger partial charge in [0, 0.05) is 13.7 Å². The van der Waals surface area contributed by atoms with Gasteiger partial charge in [0.1, 0.15) is 0 Å². The van der Waals surface area contributed by atoms with Crippen LogP contribution in [0.15, 0.2) is 0 Å². The molecule has 0 amide bonds. The number of alkyl halides is 1. The van der Waals surface area contributed by atoms with Crippen molar-refractivity contribution in [1.29, 1.82) is 0 Å². The fraction of sp³-hybridized carbons (Fsp3) is 1.00. The van der Waals surface area contributed by atoms with Gasteiger partial charge in [0.25, 0.3) is 0 Å². The van der Waals surface area contributed by atoms with Gasteiger partial charge in [-0.25, -0.2) is 0 Å². The molecule has 0 aliphatic carbocycles. The van der Waals surface area contributed by atoms with E-state index >= 15 is 0 Å². The third kappa shape index (κ3) is 2.05. The fourth-order valence-corrected chi connectivity index (χ4v) is 1.88. The van der Waals surface area contributed by atoms with Crippen LogP contribution in [-0.2, 0) is 9.47 Å². The molecule has 0 aromatic rings. The zero-order valence-corrected chi connectivity index (χ0v) is 7.63. The van der Waals surface area contributed by atoms with E-state index < -0.39 is 0 Å². The summed E-state index contributed by atoms with van der Waals surface area (Å²) >= 11 is 2.37. The van der Waals surface area contributed by atoms with Gasteiger partial charge in [0.15, 0.2) is 6.29 Å². The van der Waals surface area contributed by atoms with E-state index in [2.05, 4.69) is 22.6 Å². The third-order valence-corrected chi connectivity index (χ3v) is 2.64. The van der Waals surface area contributed by atoms with Crippen LogP contribution in [0, 0.1) is 0 Å². The van der Waals surface area contributed by atoms with Crippen molar-refractivity contribution in [3.05, 3.63) is 0 Å². The van der Waals surface area contributed by atoms with E-state index in [9.17, 15) is 0 Å². The normalized spacial score (nSPS) is 36.7. The minimum absolute atomic E-state index is 0.0411. The molecule has 1 rings (SSSR count). The fourth-order valence-electron chi connectivity index (χ4n) is 0.934. The predicted molar refractivity (Wildman–Crippen MR) is 43.8 cm³/mol. The van der Waals surface area contributed by atoms with Gasteiger partial charge >= 0.3 is 0 Å². The van der Waals surface area contributed by atoms with Crippen LogP contribution in [0.2, 0.25) is 0 Å². The zero-order valence-electron chi connectivity index (χ0n) is 5.47. The molecule has 0 radical (unpaired) electrons. The second-order valence-corrected chi connectivity index (χ2v) is 3.73. The van der Waals surface area contributed by atoms with Gasteiger partial charge in [-0.3, -0.25) is 0 Å². The average Bonchev–Trinajstić information content (AvgIpc) is 1.89. The van der Waals surface area contributed by atoms with Gasteiger partial charge in [0.2, 0.25) is 0 Å². The molecule has 1 fully saturated rings. The van der Waals surface area contributed by atoms with Crippen molar-refractivity contribution in [3.8, 4) is 0 Å². The largest absolute Gasteiger partial charge is 0.355 e. The van der Waals surface area contributed by atoms with Crippen LogP contribution >= 0.6 is 22.6 Å². The Morgan fingerprint density at radius 3 is 2.89 bits per heavy atom. The highest BCUT2D eigenvalue weighted by Crippen LogP contribution is 2.21. The lowest BCUT2D eigenvalue weighted by atomic mass is 10.2. The standard InChI is InChI=1S/C6H11IO2/c1-8-6-5(7)3-2-4-9-6/h5-6H,2-4H2,1H3. The van der Waals surface area contributed by atoms with Crippen LogP contribution in [0.5, 0.6) is 0 Å². The van der Waals surface area contributed by atoms with Gasteiger partial charge in [-0.1, -0.05) is 22.6 Å². The molecule has 9 heavy (non-hydrogen) atoms. The minimum atomic E-state index is 0.0411. The molecule has 2 atom stereocenters. The SMILES string of the molecule is COC1OCCCC1I. The first-order valence-electron chi connectivity index (χ1n) is 3.13. The van der Waals surface area contributed by atoms with Crippen LogP contribution in [-0.4, -0.2) is 23.9 Å². The number of ether oxygens (including phenoxy) is 2. The van der Waals surface area contributed by atoms with Crippen LogP contribution in [0.3, 0.4) is 0 Å². The van der Waals surface area contributed by atoms with E-state index in [1.54, 1.807) is 7.11 Å². The van der Waals surface area contributed by atoms with Crippen molar-refractivity contribution in [2.24, 2.45) is 0 Å². The second-order valence-electron chi connectivity index (χ2n) is 2.13. The lowest BCUT2D eigenvalue weighted by molar-refractivity contribution is -0.137. The van der Waals surface area contributed by atoms with Gasteiger partial charge in [0.05, 0.1) is 3.92 Å². The van der Waals surface area contributed by atoms with Crippen molar-refractivity contribution >= 4 is 22.6 Å². The monoisotopic (exact) mass is 242 g/mol. The second kappa shape index (κ2) is 3.73. The van der Waals surface area contributed by atoms with Gasteiger partial charge in [-0.15, -0.1) is 0 Å². The van der Waals surface area contributed by atoms with Crippen LogP contribution in [0.25, 0.3) is 0 Å². The van der Waals surface area contributed by atoms with E-state index in [1.165, 1.54) is 12.8 Å². The first kappa shape index (κ1) is 7.75. The Bertz CT molecular complexity index is 87.1. The molecule has 1 aliphatic heterocycles. The van der Waals surface area contributed by atoms with Crippen molar-refractivity contribution in [1.82, 2.24) is 0 Å². The summed E-state index contributed by atoms with van der Waals surface area (Å²) in [7, 11) is 1.70. The molecule has 3 heteroatoms. The Balaban J connectivity index is 2.30. The summed E-state index contributed by atoms with van der Waals surface area (Å²) in [5.74, 6) is 0. The molecule has 1 aliphatic rings. The molecular weight excluding hydrogens is 231 g/mol. The quantitative estimate of drug-likeness (QED) is 0.513. The van der Waals surface area contributed by atoms with E-state index in [4.69, 9.17) is 9.47 Å². The third-order valence-electron chi connectivity index (χ3n) is 1.43. The maximum Gasteiger partial charge on any atom is 0.168 e. The summed E-state index contributed by atoms with van der Waals surface area (Å²) < 4.78 is 10.9. The number of halogens is 1. The highest BCUT2D eigenvalue weighted by atomic mass is 127. The van der Waals surface area contributed by atoms with E-state index in [1.807, 2.05) is 0 Å². The molecule has 1 saturated heterocycles. The maximum absolute atomic E-state index is 5.31. The number of hydrogen-bond donors (Lipinski definition) is 0. The van der Waals surface area contributed by atoms with Gasteiger partial charge in [-0.05, 0) is 12.8 Å². The zero-order chi connectivity index (χ0) is 6.69. The van der Waals surface area contributed by atoms with E-state index in [-0.39, 0.29) is 6.29 Å². The molecule has 1 heterocycles. The summed E-state index contributed by atoms with van der Waals surface area (Å²) in [5, 5.41) is 0. The first-order valence-corrected chi connectivity index (χ1v) is 4.37. The Morgan fingerprint density at radius 1 is 1.67 bits per heavy atom. The van der Waals surface area contributed by atoms with Crippen molar-refractivity contribution < 1.29 is 9.47 Å². The van der Waals surface area contributed by atoms with E-state index in [0.717, 1.165) is 6.61 Å². The molecule has 0 bridgehead atoms. The number of methoxy groups -OCH3 is 1. The molecule has 0 saturated carbocycles. The van der Waals surface area contributed by atoms with Gasteiger partial charge < -0.3 is 9.47 Å². The lowest BCUT2D eigenvalue weighted by Gasteiger charge is -2.25. The summed E-state index contributed by atoms with van der Waals surface area (Å²) in [6.45, 7) is 0.859. The maximum atomic E-state index is 5.31. The molecule has 0 aromatic carbocycles. The highest BCUT2D eigenvalue weighted by Gasteiger charge is 2.22. The molecule has 0 N–H and O–H groups in total. The van der Waals surface area contributed by atoms with Crippen LogP contribution in [0.1, 0.15) is 12.8 Å². The highest BCUT2D eigenvalue weighted by molar-refractivity contribution is 14.1. The van der Waals surface area contributed by atoms with Crippen molar-refractivity contribution in [2.75, 3.05) is 13.7 Å². The van der Waals surface area contributed by atoms with Crippen molar-refractivity contribution in [3.63, 3.8) is 0 Å². The summed E-state index contributed by atoms with van der Waals surface area (Å²) in [5.41, 5.74) is 0. The summed E-state index contributed by atoms with van der Waals surface area (Å²) in [4.78, 5) is 0. The Morgan fingerprint density at radius 2 is 2.44 bits per heavy atom. The van der Waals surface area contributed by atoms with Crippen LogP contribution in [0.4, 0.5) is 0 Å². The Kier molecular flexibility index (Phi) is 3.21. The van der Waals surface area contributed by atoms with Crippen molar-refractivity contribution in [2.45, 2.75) is 23.1 Å². The molecule has 0 spiro atoms. The lowest BCUT2D eigenvalue weighted by Crippen LogP contribution is -2.31. The minimum Gasteiger partial charge on any atom is -0.355 e. The number of rotatable bonds is 1. The molecule has 2 unspecified atom stereocenters. The predicted octanol–water partition coefficient (Wildman–Crippen LogP) is 1.57. The molecule has 2 nitrogen and oxygen atoms in total. The topological polar surface area (TPSA) is 18.5 Å². The smallest absolute Gasteiger partial charge is 0.168 e. The Hall–Kier alpha value is 0.650. The first-order chi connectivity index (χ1) is 4.34. The van der Waals surface area contributed by atoms with Gasteiger partial charge in [-0.2, -0.15) is 0 Å². The molecule has 54 valence electrons. The summed E-state index contributed by atoms with van der Waals surface area (Å²) in [6.07, 6.45) is 2.44. The molecular formula is C6H11IO2. The molecule has 0 aromatic heterocycles.